The van der Waals surface area contributed by atoms with Gasteiger partial charge in [-0.15, -0.1) is 0 Å². The Labute approximate surface area is 121 Å². The molecule has 0 aliphatic heterocycles. The number of ether oxygens (including phenoxy) is 1. The summed E-state index contributed by atoms with van der Waals surface area (Å²) in [5.41, 5.74) is 0.220. The highest BCUT2D eigenvalue weighted by Crippen LogP contribution is 2.40. The van der Waals surface area contributed by atoms with Gasteiger partial charge in [0.2, 0.25) is 0 Å². The highest BCUT2D eigenvalue weighted by Gasteiger charge is 2.32. The van der Waals surface area contributed by atoms with E-state index in [0.717, 1.165) is 12.3 Å². The van der Waals surface area contributed by atoms with Gasteiger partial charge in [0.25, 0.3) is 0 Å². The Morgan fingerprint density at radius 2 is 2.06 bits per heavy atom. The fourth-order valence-corrected chi connectivity index (χ4v) is 2.57. The van der Waals surface area contributed by atoms with Gasteiger partial charge in [-0.1, -0.05) is 41.7 Å². The van der Waals surface area contributed by atoms with Crippen LogP contribution < -0.4 is 0 Å². The first kappa shape index (κ1) is 14.0. The van der Waals surface area contributed by atoms with E-state index in [1.54, 1.807) is 0 Å². The van der Waals surface area contributed by atoms with Crippen molar-refractivity contribution in [3.8, 4) is 0 Å². The fraction of sp³-hybridized carbons (Fsp3) is 0.462. The normalized spacial score (nSPS) is 21.8. The zero-order valence-electron chi connectivity index (χ0n) is 9.88. The van der Waals surface area contributed by atoms with Crippen molar-refractivity contribution >= 4 is 40.8 Å². The third kappa shape index (κ3) is 3.31. The summed E-state index contributed by atoms with van der Waals surface area (Å²) in [7, 11) is 0. The molecule has 1 saturated carbocycles. The van der Waals surface area contributed by atoms with Gasteiger partial charge in [0, 0.05) is 5.02 Å². The van der Waals surface area contributed by atoms with Crippen molar-refractivity contribution in [2.24, 2.45) is 11.8 Å². The Bertz CT molecular complexity index is 474. The van der Waals surface area contributed by atoms with Crippen LogP contribution in [0.5, 0.6) is 0 Å². The summed E-state index contributed by atoms with van der Waals surface area (Å²) < 4.78 is 5.18. The highest BCUT2D eigenvalue weighted by molar-refractivity contribution is 6.45. The summed E-state index contributed by atoms with van der Waals surface area (Å²) in [5, 5.41) is 0.810. The molecule has 1 aromatic rings. The van der Waals surface area contributed by atoms with Gasteiger partial charge in [-0.05, 0) is 36.8 Å². The van der Waals surface area contributed by atoms with E-state index in [1.165, 1.54) is 18.6 Å². The van der Waals surface area contributed by atoms with Gasteiger partial charge in [0.1, 0.15) is 0 Å². The molecule has 2 nitrogen and oxygen atoms in total. The molecule has 0 bridgehead atoms. The molecule has 0 radical (unpaired) electrons. The number of carbonyl (C=O) groups is 1. The molecule has 0 aromatic heterocycles. The van der Waals surface area contributed by atoms with Crippen LogP contribution in [0.3, 0.4) is 0 Å². The number of hydrogen-bond acceptors (Lipinski definition) is 2. The van der Waals surface area contributed by atoms with Gasteiger partial charge in [-0.2, -0.15) is 0 Å². The average Bonchev–Trinajstić information content (AvgIpc) is 2.99. The van der Waals surface area contributed by atoms with E-state index < -0.39 is 5.97 Å². The van der Waals surface area contributed by atoms with Crippen molar-refractivity contribution in [1.29, 1.82) is 0 Å². The third-order valence-electron chi connectivity index (χ3n) is 3.21. The van der Waals surface area contributed by atoms with Crippen LogP contribution >= 0.6 is 34.8 Å². The fourth-order valence-electron chi connectivity index (χ4n) is 1.89. The molecule has 98 valence electrons. The van der Waals surface area contributed by atoms with Crippen molar-refractivity contribution in [2.75, 3.05) is 6.61 Å². The Balaban J connectivity index is 1.95. The molecule has 0 N–H and O–H groups in total. The lowest BCUT2D eigenvalue weighted by Gasteiger charge is -2.07. The first-order valence-corrected chi connectivity index (χ1v) is 6.94. The van der Waals surface area contributed by atoms with Crippen molar-refractivity contribution in [2.45, 2.75) is 19.8 Å². The van der Waals surface area contributed by atoms with Crippen LogP contribution in [0.25, 0.3) is 0 Å². The molecule has 2 unspecified atom stereocenters. The summed E-state index contributed by atoms with van der Waals surface area (Å²) in [4.78, 5) is 11.8. The molecular weight excluding hydrogens is 294 g/mol. The second-order valence-electron chi connectivity index (χ2n) is 4.65. The second kappa shape index (κ2) is 5.68. The minimum Gasteiger partial charge on any atom is -0.462 e. The molecule has 1 aromatic carbocycles. The zero-order valence-corrected chi connectivity index (χ0v) is 12.1. The average molecular weight is 308 g/mol. The molecule has 0 heterocycles. The molecule has 5 heteroatoms. The standard InChI is InChI=1S/C13H13Cl3O2/c1-7-4-8(7)2-3-18-13(17)10-5-9(14)6-11(15)12(10)16/h5-8H,2-4H2,1H3. The van der Waals surface area contributed by atoms with E-state index in [4.69, 9.17) is 39.5 Å². The molecule has 18 heavy (non-hydrogen) atoms. The van der Waals surface area contributed by atoms with Crippen LogP contribution in [-0.2, 0) is 4.74 Å². The topological polar surface area (TPSA) is 26.3 Å². The highest BCUT2D eigenvalue weighted by atomic mass is 35.5. The zero-order chi connectivity index (χ0) is 13.3. The smallest absolute Gasteiger partial charge is 0.339 e. The first-order chi connectivity index (χ1) is 8.49. The molecule has 1 fully saturated rings. The van der Waals surface area contributed by atoms with Crippen LogP contribution in [0, 0.1) is 11.8 Å². The maximum Gasteiger partial charge on any atom is 0.339 e. The van der Waals surface area contributed by atoms with E-state index >= 15 is 0 Å². The molecule has 1 aliphatic rings. The molecule has 0 spiro atoms. The summed E-state index contributed by atoms with van der Waals surface area (Å²) in [5.74, 6) is 0.974. The SMILES string of the molecule is CC1CC1CCOC(=O)c1cc(Cl)cc(Cl)c1Cl. The Kier molecular flexibility index (Phi) is 4.41. The number of halogens is 3. The Morgan fingerprint density at radius 3 is 2.67 bits per heavy atom. The van der Waals surface area contributed by atoms with Crippen molar-refractivity contribution in [1.82, 2.24) is 0 Å². The van der Waals surface area contributed by atoms with Crippen molar-refractivity contribution in [3.63, 3.8) is 0 Å². The summed E-state index contributed by atoms with van der Waals surface area (Å²) in [6.45, 7) is 2.61. The maximum absolute atomic E-state index is 11.8. The largest absolute Gasteiger partial charge is 0.462 e. The van der Waals surface area contributed by atoms with E-state index in [0.29, 0.717) is 17.5 Å². The van der Waals surface area contributed by atoms with E-state index in [9.17, 15) is 4.79 Å². The van der Waals surface area contributed by atoms with Gasteiger partial charge in [-0.25, -0.2) is 4.79 Å². The Morgan fingerprint density at radius 1 is 1.39 bits per heavy atom. The second-order valence-corrected chi connectivity index (χ2v) is 5.87. The van der Waals surface area contributed by atoms with Gasteiger partial charge in [0.05, 0.1) is 22.2 Å². The number of rotatable bonds is 4. The van der Waals surface area contributed by atoms with Gasteiger partial charge in [-0.3, -0.25) is 0 Å². The van der Waals surface area contributed by atoms with Crippen molar-refractivity contribution < 1.29 is 9.53 Å². The third-order valence-corrected chi connectivity index (χ3v) is 4.23. The van der Waals surface area contributed by atoms with E-state index in [-0.39, 0.29) is 15.6 Å². The minimum absolute atomic E-state index is 0.186. The number of hydrogen-bond donors (Lipinski definition) is 0. The van der Waals surface area contributed by atoms with Crippen LogP contribution in [0.2, 0.25) is 15.1 Å². The van der Waals surface area contributed by atoms with Gasteiger partial charge in [0.15, 0.2) is 0 Å². The lowest BCUT2D eigenvalue weighted by molar-refractivity contribution is 0.0493. The van der Waals surface area contributed by atoms with Crippen LogP contribution in [0.1, 0.15) is 30.1 Å². The predicted molar refractivity (Wildman–Crippen MR) is 73.6 cm³/mol. The maximum atomic E-state index is 11.8. The quantitative estimate of drug-likeness (QED) is 0.587. The molecule has 1 aliphatic carbocycles. The Hall–Kier alpha value is -0.440. The van der Waals surface area contributed by atoms with Crippen LogP contribution in [-0.4, -0.2) is 12.6 Å². The van der Waals surface area contributed by atoms with Crippen molar-refractivity contribution in [3.05, 3.63) is 32.8 Å². The first-order valence-electron chi connectivity index (χ1n) is 5.80. The van der Waals surface area contributed by atoms with Gasteiger partial charge < -0.3 is 4.74 Å². The monoisotopic (exact) mass is 306 g/mol. The summed E-state index contributed by atoms with van der Waals surface area (Å²) in [6, 6.07) is 2.96. The summed E-state index contributed by atoms with van der Waals surface area (Å²) >= 11 is 17.6. The van der Waals surface area contributed by atoms with Crippen LogP contribution in [0.4, 0.5) is 0 Å². The van der Waals surface area contributed by atoms with E-state index in [1.807, 2.05) is 0 Å². The molecule has 2 atom stereocenters. The predicted octanol–water partition coefficient (Wildman–Crippen LogP) is 4.85. The number of esters is 1. The molecule has 2 rings (SSSR count). The number of carbonyl (C=O) groups excluding carboxylic acids is 1. The molecule has 0 amide bonds. The molecule has 0 saturated heterocycles. The lowest BCUT2D eigenvalue weighted by atomic mass is 10.2. The molecular formula is C13H13Cl3O2. The van der Waals surface area contributed by atoms with E-state index in [2.05, 4.69) is 6.92 Å². The minimum atomic E-state index is -0.474. The van der Waals surface area contributed by atoms with Gasteiger partial charge >= 0.3 is 5.97 Å². The lowest BCUT2D eigenvalue weighted by Crippen LogP contribution is -2.08. The van der Waals surface area contributed by atoms with Crippen LogP contribution in [0.15, 0.2) is 12.1 Å². The summed E-state index contributed by atoms with van der Waals surface area (Å²) in [6.07, 6.45) is 2.13. The number of benzene rings is 1.